The van der Waals surface area contributed by atoms with Gasteiger partial charge in [0.15, 0.2) is 10.9 Å². The fraction of sp³-hybridized carbons (Fsp3) is 0.500. The highest BCUT2D eigenvalue weighted by atomic mass is 32.2. The molecule has 3 rings (SSSR count). The van der Waals surface area contributed by atoms with Gasteiger partial charge in [-0.1, -0.05) is 36.7 Å². The van der Waals surface area contributed by atoms with Gasteiger partial charge in [0.2, 0.25) is 0 Å². The van der Waals surface area contributed by atoms with Crippen LogP contribution in [0, 0.1) is 0 Å². The second-order valence-corrected chi connectivity index (χ2v) is 6.27. The number of alkyl halides is 3. The first-order chi connectivity index (χ1) is 9.96. The van der Waals surface area contributed by atoms with Gasteiger partial charge in [-0.05, 0) is 25.0 Å². The minimum Gasteiger partial charge on any atom is -0.404 e. The van der Waals surface area contributed by atoms with Crippen molar-refractivity contribution in [2.75, 3.05) is 11.1 Å². The van der Waals surface area contributed by atoms with Crippen LogP contribution in [-0.4, -0.2) is 22.8 Å². The fourth-order valence-electron chi connectivity index (χ4n) is 2.73. The van der Waals surface area contributed by atoms with Gasteiger partial charge >= 0.3 is 6.36 Å². The Labute approximate surface area is 125 Å². The van der Waals surface area contributed by atoms with Crippen molar-refractivity contribution in [1.29, 1.82) is 0 Å². The Balaban J connectivity index is 1.76. The molecule has 1 aromatic rings. The van der Waals surface area contributed by atoms with Crippen LogP contribution >= 0.6 is 11.8 Å². The number of nitrogens with zero attached hydrogens (tertiary/aromatic N) is 1. The summed E-state index contributed by atoms with van der Waals surface area (Å²) >= 11 is 1.56. The number of rotatable bonds is 2. The van der Waals surface area contributed by atoms with Gasteiger partial charge in [0, 0.05) is 5.75 Å². The SMILES string of the molecule is FC(F)(F)Oc1ccccc1NC1=NC2(CCCC2)CS1. The second kappa shape index (κ2) is 5.44. The van der Waals surface area contributed by atoms with Gasteiger partial charge in [-0.15, -0.1) is 13.2 Å². The third-order valence-electron chi connectivity index (χ3n) is 3.70. The Kier molecular flexibility index (Phi) is 3.77. The first-order valence-corrected chi connectivity index (χ1v) is 7.79. The molecule has 1 fully saturated rings. The highest BCUT2D eigenvalue weighted by Gasteiger charge is 2.38. The molecule has 1 spiro atoms. The van der Waals surface area contributed by atoms with Crippen molar-refractivity contribution < 1.29 is 17.9 Å². The molecule has 7 heteroatoms. The smallest absolute Gasteiger partial charge is 0.404 e. The van der Waals surface area contributed by atoms with Gasteiger partial charge in [-0.25, -0.2) is 0 Å². The van der Waals surface area contributed by atoms with Crippen LogP contribution in [-0.2, 0) is 0 Å². The zero-order valence-electron chi connectivity index (χ0n) is 11.2. The number of aliphatic imine (C=N–C) groups is 1. The molecule has 21 heavy (non-hydrogen) atoms. The number of hydrogen-bond acceptors (Lipinski definition) is 4. The number of amidine groups is 1. The lowest BCUT2D eigenvalue weighted by Crippen LogP contribution is -2.21. The normalized spacial score (nSPS) is 20.6. The van der Waals surface area contributed by atoms with Crippen LogP contribution < -0.4 is 10.1 Å². The molecule has 1 saturated carbocycles. The Morgan fingerprint density at radius 3 is 2.62 bits per heavy atom. The highest BCUT2D eigenvalue weighted by molar-refractivity contribution is 8.14. The van der Waals surface area contributed by atoms with Crippen molar-refractivity contribution in [3.63, 3.8) is 0 Å². The predicted molar refractivity (Wildman–Crippen MR) is 77.8 cm³/mol. The predicted octanol–water partition coefficient (Wildman–Crippen LogP) is 4.41. The molecule has 1 aliphatic carbocycles. The van der Waals surface area contributed by atoms with E-state index in [2.05, 4.69) is 15.0 Å². The minimum atomic E-state index is -4.70. The molecule has 0 unspecified atom stereocenters. The Hall–Kier alpha value is -1.37. The molecule has 114 valence electrons. The van der Waals surface area contributed by atoms with Crippen molar-refractivity contribution in [1.82, 2.24) is 0 Å². The van der Waals surface area contributed by atoms with E-state index in [4.69, 9.17) is 0 Å². The van der Waals surface area contributed by atoms with E-state index in [9.17, 15) is 13.2 Å². The molecule has 0 radical (unpaired) electrons. The molecule has 1 aromatic carbocycles. The lowest BCUT2D eigenvalue weighted by Gasteiger charge is -2.16. The molecule has 3 nitrogen and oxygen atoms in total. The number of thioether (sulfide) groups is 1. The summed E-state index contributed by atoms with van der Waals surface area (Å²) in [5, 5.41) is 3.65. The topological polar surface area (TPSA) is 33.6 Å². The molecule has 2 aliphatic rings. The molecular weight excluding hydrogens is 301 g/mol. The number of benzene rings is 1. The van der Waals surface area contributed by atoms with E-state index in [1.54, 1.807) is 23.9 Å². The molecule has 0 aromatic heterocycles. The summed E-state index contributed by atoms with van der Waals surface area (Å²) in [6.45, 7) is 0. The van der Waals surface area contributed by atoms with Gasteiger partial charge in [0.25, 0.3) is 0 Å². The summed E-state index contributed by atoms with van der Waals surface area (Å²) in [7, 11) is 0. The summed E-state index contributed by atoms with van der Waals surface area (Å²) in [4.78, 5) is 4.68. The zero-order valence-corrected chi connectivity index (χ0v) is 12.1. The largest absolute Gasteiger partial charge is 0.573 e. The Morgan fingerprint density at radius 1 is 1.19 bits per heavy atom. The van der Waals surface area contributed by atoms with Gasteiger partial charge in [-0.3, -0.25) is 4.99 Å². The summed E-state index contributed by atoms with van der Waals surface area (Å²) in [6, 6.07) is 6.02. The van der Waals surface area contributed by atoms with Crippen LogP contribution in [0.5, 0.6) is 5.75 Å². The fourth-order valence-corrected chi connectivity index (χ4v) is 3.93. The lowest BCUT2D eigenvalue weighted by molar-refractivity contribution is -0.274. The van der Waals surface area contributed by atoms with Gasteiger partial charge in [-0.2, -0.15) is 0 Å². The van der Waals surface area contributed by atoms with E-state index >= 15 is 0 Å². The second-order valence-electron chi connectivity index (χ2n) is 5.31. The van der Waals surface area contributed by atoms with Crippen molar-refractivity contribution in [3.05, 3.63) is 24.3 Å². The first-order valence-electron chi connectivity index (χ1n) is 6.80. The summed E-state index contributed by atoms with van der Waals surface area (Å²) in [5.74, 6) is 0.665. The molecule has 0 bridgehead atoms. The molecule has 0 atom stereocenters. The van der Waals surface area contributed by atoms with E-state index in [1.807, 2.05) is 0 Å². The molecular formula is C14H15F3N2OS. The van der Waals surface area contributed by atoms with Crippen molar-refractivity contribution in [2.24, 2.45) is 4.99 Å². The number of hydrogen-bond donors (Lipinski definition) is 1. The van der Waals surface area contributed by atoms with Gasteiger partial charge < -0.3 is 10.1 Å². The maximum atomic E-state index is 12.4. The maximum absolute atomic E-state index is 12.4. The zero-order chi connectivity index (χ0) is 14.9. The first kappa shape index (κ1) is 14.6. The summed E-state index contributed by atoms with van der Waals surface area (Å²) in [6.07, 6.45) is -0.233. The van der Waals surface area contributed by atoms with E-state index in [-0.39, 0.29) is 17.0 Å². The van der Waals surface area contributed by atoms with Crippen LogP contribution in [0.25, 0.3) is 0 Å². The van der Waals surface area contributed by atoms with E-state index in [0.29, 0.717) is 5.17 Å². The molecule has 0 saturated heterocycles. The van der Waals surface area contributed by atoms with Gasteiger partial charge in [0.05, 0.1) is 11.2 Å². The Morgan fingerprint density at radius 2 is 1.90 bits per heavy atom. The van der Waals surface area contributed by atoms with E-state index in [0.717, 1.165) is 18.6 Å². The highest BCUT2D eigenvalue weighted by Crippen LogP contribution is 2.42. The van der Waals surface area contributed by atoms with Crippen molar-refractivity contribution in [3.8, 4) is 5.75 Å². The third kappa shape index (κ3) is 3.45. The summed E-state index contributed by atoms with van der Waals surface area (Å²) < 4.78 is 41.2. The average molecular weight is 316 g/mol. The van der Waals surface area contributed by atoms with Crippen LogP contribution in [0.3, 0.4) is 0 Å². The number of ether oxygens (including phenoxy) is 1. The Bertz CT molecular complexity index is 553. The van der Waals surface area contributed by atoms with E-state index in [1.165, 1.54) is 25.0 Å². The maximum Gasteiger partial charge on any atom is 0.573 e. The standard InChI is InChI=1S/C14H15F3N2OS/c15-14(16,17)20-11-6-2-1-5-10(11)18-12-19-13(9-21-12)7-3-4-8-13/h1-2,5-6H,3-4,7-9H2,(H,18,19). The van der Waals surface area contributed by atoms with Gasteiger partial charge in [0.1, 0.15) is 0 Å². The molecule has 1 aliphatic heterocycles. The number of nitrogens with one attached hydrogen (secondary N) is 1. The molecule has 0 amide bonds. The lowest BCUT2D eigenvalue weighted by atomic mass is 10.0. The molecule has 1 N–H and O–H groups in total. The van der Waals surface area contributed by atoms with Crippen molar-refractivity contribution >= 4 is 22.6 Å². The van der Waals surface area contributed by atoms with Crippen LogP contribution in [0.1, 0.15) is 25.7 Å². The van der Waals surface area contributed by atoms with Crippen LogP contribution in [0.2, 0.25) is 0 Å². The third-order valence-corrected chi connectivity index (χ3v) is 4.85. The van der Waals surface area contributed by atoms with Crippen molar-refractivity contribution in [2.45, 2.75) is 37.6 Å². The average Bonchev–Trinajstić information content (AvgIpc) is 3.01. The molecule has 1 heterocycles. The van der Waals surface area contributed by atoms with Crippen LogP contribution in [0.4, 0.5) is 18.9 Å². The number of para-hydroxylation sites is 2. The number of anilines is 1. The summed E-state index contributed by atoms with van der Waals surface area (Å²) in [5.41, 5.74) is 0.281. The quantitative estimate of drug-likeness (QED) is 0.877. The monoisotopic (exact) mass is 316 g/mol. The minimum absolute atomic E-state index is 0.00712. The van der Waals surface area contributed by atoms with E-state index < -0.39 is 6.36 Å². The number of halogens is 3. The van der Waals surface area contributed by atoms with Crippen LogP contribution in [0.15, 0.2) is 29.3 Å².